The number of ether oxygens (including phenoxy) is 2. The van der Waals surface area contributed by atoms with Gasteiger partial charge in [0.25, 0.3) is 5.56 Å². The molecule has 0 amide bonds. The third-order valence-electron chi connectivity index (χ3n) is 5.75. The monoisotopic (exact) mass is 635 g/mol. The first-order chi connectivity index (χ1) is 18.5. The number of hydrogen-bond donors (Lipinski definition) is 0. The minimum atomic E-state index is -0.335. The minimum absolute atomic E-state index is 0.144. The van der Waals surface area contributed by atoms with E-state index in [4.69, 9.17) is 14.5 Å². The van der Waals surface area contributed by atoms with Crippen molar-refractivity contribution >= 4 is 49.0 Å². The van der Waals surface area contributed by atoms with Crippen LogP contribution in [0.5, 0.6) is 11.5 Å². The zero-order valence-electron chi connectivity index (χ0n) is 20.1. The van der Waals surface area contributed by atoms with Gasteiger partial charge in [-0.2, -0.15) is 9.78 Å². The first-order valence-corrected chi connectivity index (χ1v) is 13.1. The fraction of sp³-hybridized carbons (Fsp3) is 0.0690. The van der Waals surface area contributed by atoms with Crippen LogP contribution >= 0.6 is 31.9 Å². The molecule has 0 fully saturated rings. The minimum Gasteiger partial charge on any atom is -0.493 e. The Morgan fingerprint density at radius 1 is 0.974 bits per heavy atom. The molecule has 0 bridgehead atoms. The van der Waals surface area contributed by atoms with Crippen LogP contribution in [0.2, 0.25) is 0 Å². The van der Waals surface area contributed by atoms with Crippen molar-refractivity contribution in [2.75, 3.05) is 7.11 Å². The molecule has 0 aliphatic rings. The van der Waals surface area contributed by atoms with Crippen LogP contribution in [-0.4, -0.2) is 23.0 Å². The lowest BCUT2D eigenvalue weighted by Gasteiger charge is -2.15. The van der Waals surface area contributed by atoms with Crippen LogP contribution in [0.3, 0.4) is 0 Å². The molecule has 9 heteroatoms. The summed E-state index contributed by atoms with van der Waals surface area (Å²) in [6, 6.07) is 24.5. The summed E-state index contributed by atoms with van der Waals surface area (Å²) in [5.41, 5.74) is 2.37. The normalized spacial score (nSPS) is 11.3. The number of halogens is 3. The summed E-state index contributed by atoms with van der Waals surface area (Å²) >= 11 is 7.16. The van der Waals surface area contributed by atoms with Gasteiger partial charge in [0.15, 0.2) is 17.3 Å². The van der Waals surface area contributed by atoms with E-state index in [1.165, 1.54) is 23.9 Å². The van der Waals surface area contributed by atoms with Crippen LogP contribution in [0.1, 0.15) is 11.1 Å². The molecule has 5 aromatic rings. The molecule has 0 saturated heterocycles. The quantitative estimate of drug-likeness (QED) is 0.177. The highest BCUT2D eigenvalue weighted by Crippen LogP contribution is 2.42. The van der Waals surface area contributed by atoms with Gasteiger partial charge in [0.05, 0.1) is 28.7 Å². The van der Waals surface area contributed by atoms with Gasteiger partial charge in [0.1, 0.15) is 12.4 Å². The molecule has 0 atom stereocenters. The highest BCUT2D eigenvalue weighted by atomic mass is 79.9. The molecular formula is C29H20Br2FN3O3. The maximum atomic E-state index is 13.6. The van der Waals surface area contributed by atoms with Crippen molar-refractivity contribution in [3.05, 3.63) is 121 Å². The predicted octanol–water partition coefficient (Wildman–Crippen LogP) is 7.20. The van der Waals surface area contributed by atoms with Gasteiger partial charge in [-0.3, -0.25) is 4.79 Å². The third-order valence-corrected chi connectivity index (χ3v) is 7.89. The molecule has 0 saturated carbocycles. The molecule has 0 spiro atoms. The van der Waals surface area contributed by atoms with Crippen LogP contribution in [0.25, 0.3) is 22.3 Å². The van der Waals surface area contributed by atoms with Crippen LogP contribution in [-0.2, 0) is 6.61 Å². The lowest BCUT2D eigenvalue weighted by molar-refractivity contribution is 0.282. The van der Waals surface area contributed by atoms with Crippen molar-refractivity contribution in [3.8, 4) is 22.9 Å². The molecule has 1 heterocycles. The van der Waals surface area contributed by atoms with Crippen molar-refractivity contribution < 1.29 is 13.9 Å². The Kier molecular flexibility index (Phi) is 7.67. The zero-order chi connectivity index (χ0) is 26.6. The average Bonchev–Trinajstić information content (AvgIpc) is 2.94. The molecule has 4 aromatic carbocycles. The number of hydrogen-bond acceptors (Lipinski definition) is 5. The second kappa shape index (κ2) is 11.3. The number of fused-ring (bicyclic) bond motifs is 1. The Hall–Kier alpha value is -3.82. The molecule has 0 aliphatic heterocycles. The Balaban J connectivity index is 1.56. The first-order valence-electron chi connectivity index (χ1n) is 11.5. The SMILES string of the molecule is COc1cc(C=Nn2c(-c3ccccc3)nc3ccccc3c2=O)c(Br)c(Br)c1OCc1cccc(F)c1. The van der Waals surface area contributed by atoms with E-state index in [-0.39, 0.29) is 18.0 Å². The Morgan fingerprint density at radius 2 is 1.74 bits per heavy atom. The molecule has 0 unspecified atom stereocenters. The van der Waals surface area contributed by atoms with Crippen molar-refractivity contribution in [2.24, 2.45) is 5.10 Å². The van der Waals surface area contributed by atoms with E-state index in [0.29, 0.717) is 48.3 Å². The Labute approximate surface area is 234 Å². The molecule has 0 aliphatic carbocycles. The molecule has 1 aromatic heterocycles. The van der Waals surface area contributed by atoms with E-state index in [2.05, 4.69) is 37.0 Å². The molecule has 5 rings (SSSR count). The predicted molar refractivity (Wildman–Crippen MR) is 154 cm³/mol. The molecule has 0 N–H and O–H groups in total. The van der Waals surface area contributed by atoms with E-state index >= 15 is 0 Å². The lowest BCUT2D eigenvalue weighted by atomic mass is 10.2. The summed E-state index contributed by atoms with van der Waals surface area (Å²) in [7, 11) is 1.52. The number of methoxy groups -OCH3 is 1. The Morgan fingerprint density at radius 3 is 2.50 bits per heavy atom. The number of nitrogens with zero attached hydrogens (tertiary/aromatic N) is 3. The van der Waals surface area contributed by atoms with Gasteiger partial charge < -0.3 is 9.47 Å². The summed E-state index contributed by atoms with van der Waals surface area (Å²) in [6.07, 6.45) is 1.55. The van der Waals surface area contributed by atoms with Gasteiger partial charge in [0, 0.05) is 15.6 Å². The van der Waals surface area contributed by atoms with Crippen molar-refractivity contribution in [1.82, 2.24) is 9.66 Å². The maximum absolute atomic E-state index is 13.6. The largest absolute Gasteiger partial charge is 0.493 e. The molecule has 38 heavy (non-hydrogen) atoms. The van der Waals surface area contributed by atoms with Crippen LogP contribution in [0.4, 0.5) is 4.39 Å². The van der Waals surface area contributed by atoms with Gasteiger partial charge in [-0.05, 0) is 67.8 Å². The average molecular weight is 637 g/mol. The fourth-order valence-corrected chi connectivity index (χ4v) is 4.83. The van der Waals surface area contributed by atoms with Crippen molar-refractivity contribution in [2.45, 2.75) is 6.61 Å². The number of aromatic nitrogens is 2. The first kappa shape index (κ1) is 25.8. The van der Waals surface area contributed by atoms with Gasteiger partial charge in [0.2, 0.25) is 0 Å². The van der Waals surface area contributed by atoms with E-state index < -0.39 is 0 Å². The number of rotatable bonds is 7. The van der Waals surface area contributed by atoms with E-state index in [9.17, 15) is 9.18 Å². The summed E-state index contributed by atoms with van der Waals surface area (Å²) in [6.45, 7) is 0.144. The van der Waals surface area contributed by atoms with E-state index in [1.807, 2.05) is 36.4 Å². The summed E-state index contributed by atoms with van der Waals surface area (Å²) < 4.78 is 27.6. The van der Waals surface area contributed by atoms with Crippen molar-refractivity contribution in [3.63, 3.8) is 0 Å². The van der Waals surface area contributed by atoms with Crippen molar-refractivity contribution in [1.29, 1.82) is 0 Å². The summed E-state index contributed by atoms with van der Waals surface area (Å²) in [5, 5.41) is 5.00. The maximum Gasteiger partial charge on any atom is 0.282 e. The van der Waals surface area contributed by atoms with Gasteiger partial charge in [-0.15, -0.1) is 0 Å². The standard InChI is InChI=1S/C29H20Br2FN3O3/c1-37-24-15-20(25(30)26(31)27(24)38-17-18-8-7-11-21(32)14-18)16-33-35-28(19-9-3-2-4-10-19)34-23-13-6-5-12-22(23)29(35)36/h2-16H,17H2,1H3. The van der Waals surface area contributed by atoms with Crippen LogP contribution in [0, 0.1) is 5.82 Å². The fourth-order valence-electron chi connectivity index (χ4n) is 3.89. The molecular weight excluding hydrogens is 617 g/mol. The van der Waals surface area contributed by atoms with Crippen LogP contribution in [0.15, 0.2) is 104 Å². The van der Waals surface area contributed by atoms with Gasteiger partial charge >= 0.3 is 0 Å². The molecule has 190 valence electrons. The highest BCUT2D eigenvalue weighted by Gasteiger charge is 2.18. The van der Waals surface area contributed by atoms with E-state index in [1.54, 1.807) is 42.6 Å². The summed E-state index contributed by atoms with van der Waals surface area (Å²) in [5.74, 6) is 0.960. The van der Waals surface area contributed by atoms with Gasteiger partial charge in [-0.25, -0.2) is 9.37 Å². The topological polar surface area (TPSA) is 65.7 Å². The second-order valence-corrected chi connectivity index (χ2v) is 9.81. The Bertz CT molecular complexity index is 1720. The number of benzene rings is 4. The third kappa shape index (κ3) is 5.25. The zero-order valence-corrected chi connectivity index (χ0v) is 23.2. The second-order valence-electron chi connectivity index (χ2n) is 8.22. The highest BCUT2D eigenvalue weighted by molar-refractivity contribution is 9.13. The molecule has 6 nitrogen and oxygen atoms in total. The lowest BCUT2D eigenvalue weighted by Crippen LogP contribution is -2.20. The van der Waals surface area contributed by atoms with Gasteiger partial charge in [-0.1, -0.05) is 54.6 Å². The van der Waals surface area contributed by atoms with E-state index in [0.717, 1.165) is 5.56 Å². The molecule has 0 radical (unpaired) electrons. The smallest absolute Gasteiger partial charge is 0.282 e. The summed E-state index contributed by atoms with van der Waals surface area (Å²) in [4.78, 5) is 18.2. The van der Waals surface area contributed by atoms with Crippen LogP contribution < -0.4 is 15.0 Å². The number of para-hydroxylation sites is 1.